The van der Waals surface area contributed by atoms with Crippen LogP contribution in [0.1, 0.15) is 277 Å². The lowest BCUT2D eigenvalue weighted by molar-refractivity contribution is -0.302. The quantitative estimate of drug-likeness (QED) is 0.0261. The lowest BCUT2D eigenvalue weighted by Gasteiger charge is -2.40. The molecular formula is C57H109NO8. The molecule has 9 heteroatoms. The summed E-state index contributed by atoms with van der Waals surface area (Å²) in [5.41, 5.74) is 0. The molecule has 0 saturated carbocycles. The van der Waals surface area contributed by atoms with Crippen molar-refractivity contribution in [3.05, 3.63) is 24.3 Å². The summed E-state index contributed by atoms with van der Waals surface area (Å²) in [7, 11) is 0. The number of aliphatic hydroxyl groups is 5. The van der Waals surface area contributed by atoms with Gasteiger partial charge in [-0.1, -0.05) is 250 Å². The molecule has 1 aliphatic rings. The molecular weight excluding hydrogens is 827 g/mol. The van der Waals surface area contributed by atoms with E-state index in [1.165, 1.54) is 218 Å². The van der Waals surface area contributed by atoms with Crippen LogP contribution in [-0.4, -0.2) is 87.5 Å². The van der Waals surface area contributed by atoms with Gasteiger partial charge in [-0.2, -0.15) is 0 Å². The van der Waals surface area contributed by atoms with E-state index in [0.717, 1.165) is 38.5 Å². The third-order valence-electron chi connectivity index (χ3n) is 13.8. The summed E-state index contributed by atoms with van der Waals surface area (Å²) >= 11 is 0. The van der Waals surface area contributed by atoms with Crippen LogP contribution in [0.5, 0.6) is 0 Å². The second kappa shape index (κ2) is 47.4. The first-order chi connectivity index (χ1) is 32.3. The van der Waals surface area contributed by atoms with E-state index in [0.29, 0.717) is 6.42 Å². The van der Waals surface area contributed by atoms with Gasteiger partial charge in [-0.15, -0.1) is 0 Å². The Kier molecular flexibility index (Phi) is 45.0. The van der Waals surface area contributed by atoms with Crippen LogP contribution in [0.4, 0.5) is 0 Å². The van der Waals surface area contributed by atoms with Crippen molar-refractivity contribution in [1.82, 2.24) is 5.32 Å². The maximum atomic E-state index is 13.0. The fourth-order valence-electron chi connectivity index (χ4n) is 9.21. The highest BCUT2D eigenvalue weighted by atomic mass is 16.7. The Balaban J connectivity index is 2.24. The van der Waals surface area contributed by atoms with Crippen molar-refractivity contribution in [3.63, 3.8) is 0 Å². The first-order valence-corrected chi connectivity index (χ1v) is 28.6. The SMILES string of the molecule is CCCCCCCCCCCC/C=C\CCCCCCCCCC(=O)NC(COC1OC(CO)C(O)C(O)C1O)C(O)/C=C/CCCCCCCCCCCCCCCCCCCCCC. The summed E-state index contributed by atoms with van der Waals surface area (Å²) in [5, 5.41) is 54.5. The van der Waals surface area contributed by atoms with Gasteiger partial charge in [0.15, 0.2) is 6.29 Å². The molecule has 66 heavy (non-hydrogen) atoms. The zero-order valence-electron chi connectivity index (χ0n) is 43.2. The summed E-state index contributed by atoms with van der Waals surface area (Å²) in [6, 6.07) is -0.806. The zero-order chi connectivity index (χ0) is 48.0. The lowest BCUT2D eigenvalue weighted by atomic mass is 9.99. The van der Waals surface area contributed by atoms with Crippen LogP contribution in [0.25, 0.3) is 0 Å². The Hall–Kier alpha value is -1.33. The number of allylic oxidation sites excluding steroid dienone is 3. The molecule has 0 aromatic heterocycles. The molecule has 7 atom stereocenters. The Morgan fingerprint density at radius 1 is 0.500 bits per heavy atom. The smallest absolute Gasteiger partial charge is 0.220 e. The molecule has 0 spiro atoms. The van der Waals surface area contributed by atoms with Crippen molar-refractivity contribution in [2.24, 2.45) is 0 Å². The van der Waals surface area contributed by atoms with Gasteiger partial charge in [0.25, 0.3) is 0 Å². The van der Waals surface area contributed by atoms with E-state index < -0.39 is 49.5 Å². The van der Waals surface area contributed by atoms with Crippen LogP contribution in [0, 0.1) is 0 Å². The number of unbranched alkanes of at least 4 members (excludes halogenated alkanes) is 37. The number of carbonyl (C=O) groups is 1. The molecule has 1 heterocycles. The van der Waals surface area contributed by atoms with Crippen molar-refractivity contribution in [2.75, 3.05) is 13.2 Å². The summed E-state index contributed by atoms with van der Waals surface area (Å²) in [5.74, 6) is -0.177. The number of aliphatic hydroxyl groups excluding tert-OH is 5. The first kappa shape index (κ1) is 62.7. The average molecular weight is 936 g/mol. The van der Waals surface area contributed by atoms with E-state index in [2.05, 4.69) is 31.3 Å². The van der Waals surface area contributed by atoms with Gasteiger partial charge in [0.05, 0.1) is 25.4 Å². The average Bonchev–Trinajstić information content (AvgIpc) is 3.32. The monoisotopic (exact) mass is 936 g/mol. The number of carbonyl (C=O) groups excluding carboxylic acids is 1. The van der Waals surface area contributed by atoms with Crippen LogP contribution in [0.15, 0.2) is 24.3 Å². The minimum Gasteiger partial charge on any atom is -0.394 e. The maximum Gasteiger partial charge on any atom is 0.220 e. The molecule has 6 N–H and O–H groups in total. The van der Waals surface area contributed by atoms with Gasteiger partial charge in [0, 0.05) is 6.42 Å². The number of hydrogen-bond donors (Lipinski definition) is 6. The topological polar surface area (TPSA) is 149 Å². The molecule has 1 rings (SSSR count). The van der Waals surface area contributed by atoms with Crippen LogP contribution in [0.3, 0.4) is 0 Å². The molecule has 0 aromatic carbocycles. The van der Waals surface area contributed by atoms with Gasteiger partial charge in [0.2, 0.25) is 5.91 Å². The number of amides is 1. The van der Waals surface area contributed by atoms with Gasteiger partial charge in [-0.25, -0.2) is 0 Å². The minimum atomic E-state index is -1.57. The van der Waals surface area contributed by atoms with Crippen molar-refractivity contribution in [1.29, 1.82) is 0 Å². The van der Waals surface area contributed by atoms with E-state index >= 15 is 0 Å². The van der Waals surface area contributed by atoms with Crippen molar-refractivity contribution < 1.29 is 39.8 Å². The normalized spacial score (nSPS) is 19.9. The summed E-state index contributed by atoms with van der Waals surface area (Å²) in [6.45, 7) is 3.81. The molecule has 0 aliphatic carbocycles. The molecule has 1 aliphatic heterocycles. The van der Waals surface area contributed by atoms with Crippen LogP contribution in [-0.2, 0) is 14.3 Å². The summed E-state index contributed by atoms with van der Waals surface area (Å²) in [4.78, 5) is 13.0. The second-order valence-corrected chi connectivity index (χ2v) is 20.1. The molecule has 1 saturated heterocycles. The van der Waals surface area contributed by atoms with Crippen LogP contribution < -0.4 is 5.32 Å². The largest absolute Gasteiger partial charge is 0.394 e. The molecule has 0 bridgehead atoms. The second-order valence-electron chi connectivity index (χ2n) is 20.1. The highest BCUT2D eigenvalue weighted by Crippen LogP contribution is 2.23. The van der Waals surface area contributed by atoms with Gasteiger partial charge in [-0.05, 0) is 44.9 Å². The number of ether oxygens (including phenoxy) is 2. The highest BCUT2D eigenvalue weighted by Gasteiger charge is 2.44. The van der Waals surface area contributed by atoms with Gasteiger partial charge >= 0.3 is 0 Å². The molecule has 0 radical (unpaired) electrons. The van der Waals surface area contributed by atoms with Crippen molar-refractivity contribution in [2.45, 2.75) is 320 Å². The predicted octanol–water partition coefficient (Wildman–Crippen LogP) is 13.8. The van der Waals surface area contributed by atoms with E-state index in [4.69, 9.17) is 9.47 Å². The number of hydrogen-bond acceptors (Lipinski definition) is 8. The van der Waals surface area contributed by atoms with E-state index in [-0.39, 0.29) is 12.5 Å². The third kappa shape index (κ3) is 36.6. The first-order valence-electron chi connectivity index (χ1n) is 28.6. The standard InChI is InChI=1S/C57H109NO8/c1-3-5-7-9-11-13-15-17-19-21-23-25-27-28-30-32-34-36-38-40-42-44-46-51(60)50(49-65-57-56(64)55(63)54(62)52(48-59)66-57)58-53(61)47-45-43-41-39-37-35-33-31-29-26-24-22-20-18-16-14-12-10-8-6-4-2/h26,29,44,46,50-52,54-57,59-60,62-64H,3-25,27-28,30-43,45,47-49H2,1-2H3,(H,58,61)/b29-26-,46-44+. The predicted molar refractivity (Wildman–Crippen MR) is 277 cm³/mol. The third-order valence-corrected chi connectivity index (χ3v) is 13.8. The van der Waals surface area contributed by atoms with E-state index in [1.54, 1.807) is 6.08 Å². The molecule has 1 fully saturated rings. The maximum absolute atomic E-state index is 13.0. The highest BCUT2D eigenvalue weighted by molar-refractivity contribution is 5.76. The Labute approximate surface area is 407 Å². The Morgan fingerprint density at radius 2 is 0.848 bits per heavy atom. The Morgan fingerprint density at radius 3 is 1.23 bits per heavy atom. The fourth-order valence-corrected chi connectivity index (χ4v) is 9.21. The molecule has 9 nitrogen and oxygen atoms in total. The minimum absolute atomic E-state index is 0.177. The van der Waals surface area contributed by atoms with E-state index in [1.807, 2.05) is 6.08 Å². The number of nitrogens with one attached hydrogen (secondary N) is 1. The van der Waals surface area contributed by atoms with Crippen molar-refractivity contribution in [3.8, 4) is 0 Å². The molecule has 390 valence electrons. The number of rotatable bonds is 49. The molecule has 0 aromatic rings. The Bertz CT molecular complexity index is 1090. The van der Waals surface area contributed by atoms with Crippen LogP contribution >= 0.6 is 0 Å². The van der Waals surface area contributed by atoms with E-state index in [9.17, 15) is 30.3 Å². The summed E-state index contributed by atoms with van der Waals surface area (Å²) in [6.07, 6.45) is 52.4. The molecule has 1 amide bonds. The van der Waals surface area contributed by atoms with Gasteiger partial charge in [-0.3, -0.25) is 4.79 Å². The molecule has 7 unspecified atom stereocenters. The lowest BCUT2D eigenvalue weighted by Crippen LogP contribution is -2.60. The summed E-state index contributed by atoms with van der Waals surface area (Å²) < 4.78 is 11.3. The fraction of sp³-hybridized carbons (Fsp3) is 0.912. The van der Waals surface area contributed by atoms with Crippen molar-refractivity contribution >= 4 is 5.91 Å². The van der Waals surface area contributed by atoms with Crippen LogP contribution in [0.2, 0.25) is 0 Å². The zero-order valence-corrected chi connectivity index (χ0v) is 43.2. The van der Waals surface area contributed by atoms with Gasteiger partial charge in [0.1, 0.15) is 24.4 Å². The van der Waals surface area contributed by atoms with Gasteiger partial charge < -0.3 is 40.3 Å².